The van der Waals surface area contributed by atoms with Gasteiger partial charge in [0.1, 0.15) is 5.69 Å². The van der Waals surface area contributed by atoms with E-state index in [9.17, 15) is 4.79 Å². The number of nitrogen functional groups attached to an aromatic ring is 1. The summed E-state index contributed by atoms with van der Waals surface area (Å²) in [5, 5.41) is 11.1. The molecule has 0 bridgehead atoms. The Labute approximate surface area is 110 Å². The fraction of sp³-hybridized carbons (Fsp3) is 0.333. The van der Waals surface area contributed by atoms with Gasteiger partial charge in [0.05, 0.1) is 11.4 Å². The summed E-state index contributed by atoms with van der Waals surface area (Å²) in [7, 11) is 1.72. The highest BCUT2D eigenvalue weighted by Gasteiger charge is 2.17. The van der Waals surface area contributed by atoms with Gasteiger partial charge in [-0.05, 0) is 35.7 Å². The van der Waals surface area contributed by atoms with Gasteiger partial charge in [0, 0.05) is 13.6 Å². The van der Waals surface area contributed by atoms with Crippen LogP contribution in [0.5, 0.6) is 0 Å². The first-order valence-corrected chi connectivity index (χ1v) is 6.54. The Morgan fingerprint density at radius 3 is 2.72 bits per heavy atom. The van der Waals surface area contributed by atoms with E-state index in [0.29, 0.717) is 23.6 Å². The number of carbonyl (C=O) groups is 1. The number of thiophene rings is 1. The number of anilines is 1. The number of nitrogens with one attached hydrogen (secondary N) is 1. The Morgan fingerprint density at radius 2 is 2.22 bits per heavy atom. The molecule has 2 aromatic heterocycles. The molecule has 0 unspecified atom stereocenters. The molecule has 96 valence electrons. The second-order valence-electron chi connectivity index (χ2n) is 4.23. The Kier molecular flexibility index (Phi) is 3.38. The molecule has 1 amide bonds. The van der Waals surface area contributed by atoms with Gasteiger partial charge in [-0.15, -0.1) is 0 Å². The maximum absolute atomic E-state index is 12.1. The zero-order chi connectivity index (χ0) is 13.3. The van der Waals surface area contributed by atoms with Crippen molar-refractivity contribution in [1.82, 2.24) is 15.1 Å². The van der Waals surface area contributed by atoms with Crippen molar-refractivity contribution in [2.75, 3.05) is 5.73 Å². The average molecular weight is 264 g/mol. The SMILES string of the molecule is Cc1cscc1CNC(=O)c1c(N)c(C)nn1C. The summed E-state index contributed by atoms with van der Waals surface area (Å²) in [5.41, 5.74) is 9.69. The molecular formula is C12H16N4OS. The normalized spacial score (nSPS) is 10.6. The molecule has 3 N–H and O–H groups in total. The molecule has 0 aliphatic heterocycles. The Bertz CT molecular complexity index is 585. The minimum atomic E-state index is -0.193. The molecule has 0 saturated carbocycles. The van der Waals surface area contributed by atoms with Crippen molar-refractivity contribution in [1.29, 1.82) is 0 Å². The molecule has 0 atom stereocenters. The number of carbonyl (C=O) groups excluding carboxylic acids is 1. The summed E-state index contributed by atoms with van der Waals surface area (Å²) >= 11 is 1.63. The van der Waals surface area contributed by atoms with Gasteiger partial charge in [0.15, 0.2) is 0 Å². The monoisotopic (exact) mass is 264 g/mol. The molecular weight excluding hydrogens is 248 g/mol. The van der Waals surface area contributed by atoms with Crippen LogP contribution in [0.25, 0.3) is 0 Å². The van der Waals surface area contributed by atoms with Crippen molar-refractivity contribution in [3.63, 3.8) is 0 Å². The number of amides is 1. The van der Waals surface area contributed by atoms with Crippen LogP contribution in [0.2, 0.25) is 0 Å². The van der Waals surface area contributed by atoms with Crippen LogP contribution in [0.1, 0.15) is 27.3 Å². The predicted octanol–water partition coefficient (Wildman–Crippen LogP) is 1.61. The fourth-order valence-electron chi connectivity index (χ4n) is 1.77. The van der Waals surface area contributed by atoms with Crippen LogP contribution >= 0.6 is 11.3 Å². The Hall–Kier alpha value is -1.82. The lowest BCUT2D eigenvalue weighted by Crippen LogP contribution is -2.26. The van der Waals surface area contributed by atoms with Crippen LogP contribution in [0.3, 0.4) is 0 Å². The van der Waals surface area contributed by atoms with E-state index < -0.39 is 0 Å². The lowest BCUT2D eigenvalue weighted by molar-refractivity contribution is 0.0942. The van der Waals surface area contributed by atoms with Gasteiger partial charge in [-0.25, -0.2) is 0 Å². The fourth-order valence-corrected chi connectivity index (χ4v) is 2.63. The lowest BCUT2D eigenvalue weighted by atomic mass is 10.2. The maximum Gasteiger partial charge on any atom is 0.271 e. The van der Waals surface area contributed by atoms with E-state index in [0.717, 1.165) is 5.56 Å². The molecule has 6 heteroatoms. The van der Waals surface area contributed by atoms with E-state index in [2.05, 4.69) is 15.8 Å². The van der Waals surface area contributed by atoms with Crippen molar-refractivity contribution in [2.45, 2.75) is 20.4 Å². The van der Waals surface area contributed by atoms with Crippen LogP contribution < -0.4 is 11.1 Å². The molecule has 0 saturated heterocycles. The smallest absolute Gasteiger partial charge is 0.271 e. The van der Waals surface area contributed by atoms with Gasteiger partial charge < -0.3 is 11.1 Å². The Balaban J connectivity index is 2.11. The van der Waals surface area contributed by atoms with Gasteiger partial charge in [0.25, 0.3) is 5.91 Å². The zero-order valence-corrected chi connectivity index (χ0v) is 11.5. The van der Waals surface area contributed by atoms with E-state index >= 15 is 0 Å². The second kappa shape index (κ2) is 4.81. The van der Waals surface area contributed by atoms with Crippen molar-refractivity contribution in [3.05, 3.63) is 33.3 Å². The quantitative estimate of drug-likeness (QED) is 0.884. The molecule has 0 aliphatic carbocycles. The number of hydrogen-bond acceptors (Lipinski definition) is 4. The summed E-state index contributed by atoms with van der Waals surface area (Å²) in [6.07, 6.45) is 0. The number of aromatic nitrogens is 2. The number of aryl methyl sites for hydroxylation is 3. The molecule has 18 heavy (non-hydrogen) atoms. The summed E-state index contributed by atoms with van der Waals surface area (Å²) < 4.78 is 1.51. The van der Waals surface area contributed by atoms with Crippen LogP contribution in [0.15, 0.2) is 10.8 Å². The minimum absolute atomic E-state index is 0.193. The molecule has 0 aromatic carbocycles. The standard InChI is InChI=1S/C12H16N4OS/c1-7-5-18-6-9(7)4-14-12(17)11-10(13)8(2)15-16(11)3/h5-6H,4,13H2,1-3H3,(H,14,17). The molecule has 0 fully saturated rings. The topological polar surface area (TPSA) is 72.9 Å². The molecule has 0 aliphatic rings. The van der Waals surface area contributed by atoms with Gasteiger partial charge in [-0.2, -0.15) is 16.4 Å². The van der Waals surface area contributed by atoms with Crippen molar-refractivity contribution in [3.8, 4) is 0 Å². The van der Waals surface area contributed by atoms with Gasteiger partial charge in [-0.3, -0.25) is 9.48 Å². The largest absolute Gasteiger partial charge is 0.395 e. The van der Waals surface area contributed by atoms with Crippen LogP contribution in [-0.4, -0.2) is 15.7 Å². The second-order valence-corrected chi connectivity index (χ2v) is 4.98. The lowest BCUT2D eigenvalue weighted by Gasteiger charge is -2.06. The van der Waals surface area contributed by atoms with Crippen molar-refractivity contribution in [2.24, 2.45) is 7.05 Å². The van der Waals surface area contributed by atoms with E-state index in [1.54, 1.807) is 25.3 Å². The number of hydrogen-bond donors (Lipinski definition) is 2. The first kappa shape index (κ1) is 12.6. The molecule has 2 heterocycles. The number of rotatable bonds is 3. The third-order valence-corrected chi connectivity index (χ3v) is 3.79. The maximum atomic E-state index is 12.1. The summed E-state index contributed by atoms with van der Waals surface area (Å²) in [4.78, 5) is 12.1. The molecule has 5 nitrogen and oxygen atoms in total. The highest BCUT2D eigenvalue weighted by atomic mass is 32.1. The first-order valence-electron chi connectivity index (χ1n) is 5.59. The third kappa shape index (κ3) is 2.24. The molecule has 0 radical (unpaired) electrons. The van der Waals surface area contributed by atoms with E-state index in [-0.39, 0.29) is 5.91 Å². The summed E-state index contributed by atoms with van der Waals surface area (Å²) in [5.74, 6) is -0.193. The highest BCUT2D eigenvalue weighted by molar-refractivity contribution is 7.08. The van der Waals surface area contributed by atoms with Gasteiger partial charge in [0.2, 0.25) is 0 Å². The highest BCUT2D eigenvalue weighted by Crippen LogP contribution is 2.16. The predicted molar refractivity (Wildman–Crippen MR) is 72.6 cm³/mol. The van der Waals surface area contributed by atoms with Crippen molar-refractivity contribution >= 4 is 22.9 Å². The number of nitrogens with zero attached hydrogens (tertiary/aromatic N) is 2. The average Bonchev–Trinajstić information content (AvgIpc) is 2.81. The molecule has 2 rings (SSSR count). The van der Waals surface area contributed by atoms with Crippen LogP contribution in [0, 0.1) is 13.8 Å². The van der Waals surface area contributed by atoms with E-state index in [4.69, 9.17) is 5.73 Å². The van der Waals surface area contributed by atoms with E-state index in [1.807, 2.05) is 12.3 Å². The van der Waals surface area contributed by atoms with Gasteiger partial charge >= 0.3 is 0 Å². The first-order chi connectivity index (χ1) is 8.50. The van der Waals surface area contributed by atoms with Crippen LogP contribution in [0.4, 0.5) is 5.69 Å². The summed E-state index contributed by atoms with van der Waals surface area (Å²) in [6, 6.07) is 0. The molecule has 2 aromatic rings. The Morgan fingerprint density at radius 1 is 1.50 bits per heavy atom. The zero-order valence-electron chi connectivity index (χ0n) is 10.7. The third-order valence-electron chi connectivity index (χ3n) is 2.88. The van der Waals surface area contributed by atoms with Gasteiger partial charge in [-0.1, -0.05) is 0 Å². The number of nitrogens with two attached hydrogens (primary N) is 1. The van der Waals surface area contributed by atoms with Crippen LogP contribution in [-0.2, 0) is 13.6 Å². The van der Waals surface area contributed by atoms with E-state index in [1.165, 1.54) is 10.2 Å². The minimum Gasteiger partial charge on any atom is -0.395 e. The summed E-state index contributed by atoms with van der Waals surface area (Å²) in [6.45, 7) is 4.33. The van der Waals surface area contributed by atoms with Crippen molar-refractivity contribution < 1.29 is 4.79 Å². The molecule has 0 spiro atoms.